The van der Waals surface area contributed by atoms with Crippen molar-refractivity contribution in [3.63, 3.8) is 0 Å². The lowest BCUT2D eigenvalue weighted by Crippen LogP contribution is -2.58. The van der Waals surface area contributed by atoms with Crippen LogP contribution in [0.3, 0.4) is 0 Å². The molecule has 1 N–H and O–H groups in total. The van der Waals surface area contributed by atoms with E-state index in [0.29, 0.717) is 18.5 Å². The molecule has 29 heavy (non-hydrogen) atoms. The molecule has 0 radical (unpaired) electrons. The number of fused-ring (bicyclic) bond motifs is 1. The van der Waals surface area contributed by atoms with Crippen LogP contribution in [-0.2, 0) is 16.0 Å². The Morgan fingerprint density at radius 2 is 2.07 bits per heavy atom. The first kappa shape index (κ1) is 19.1. The highest BCUT2D eigenvalue weighted by atomic mass is 16.5. The summed E-state index contributed by atoms with van der Waals surface area (Å²) in [6.07, 6.45) is 10.6. The summed E-state index contributed by atoms with van der Waals surface area (Å²) in [5.74, 6) is 0.229. The Hall–Kier alpha value is -1.85. The lowest BCUT2D eigenvalue weighted by molar-refractivity contribution is -0.136. The van der Waals surface area contributed by atoms with E-state index in [4.69, 9.17) is 4.74 Å². The standard InChI is InChI=1S/C24H33N3O2/c1-26(23(28)15-18-17-25-20-8-3-2-7-19(18)20)21-9-11-24(10-6-14-29-24)16-22(21)27-12-4-5-13-27/h2-3,7-8,17,21-22,25H,4-6,9-16H2,1H3/t21-,22-,24-/m0/s1. The number of likely N-dealkylation sites (tertiary alicyclic amines) is 1. The van der Waals surface area contributed by atoms with E-state index in [1.807, 2.05) is 25.4 Å². The number of H-pyrrole nitrogens is 1. The minimum atomic E-state index is 0.0739. The molecule has 1 aromatic heterocycles. The van der Waals surface area contributed by atoms with Crippen molar-refractivity contribution in [2.45, 2.75) is 69.1 Å². The molecular formula is C24H33N3O2. The third kappa shape index (κ3) is 3.59. The van der Waals surface area contributed by atoms with Crippen molar-refractivity contribution in [3.05, 3.63) is 36.0 Å². The average Bonchev–Trinajstić information content (AvgIpc) is 3.50. The maximum atomic E-state index is 13.3. The zero-order valence-electron chi connectivity index (χ0n) is 17.5. The number of amides is 1. The quantitative estimate of drug-likeness (QED) is 0.858. The monoisotopic (exact) mass is 395 g/mol. The average molecular weight is 396 g/mol. The molecule has 0 bridgehead atoms. The van der Waals surface area contributed by atoms with Crippen molar-refractivity contribution in [1.29, 1.82) is 0 Å². The zero-order valence-corrected chi connectivity index (χ0v) is 17.5. The van der Waals surface area contributed by atoms with Gasteiger partial charge in [-0.2, -0.15) is 0 Å². The Kier molecular flexibility index (Phi) is 5.12. The van der Waals surface area contributed by atoms with Crippen LogP contribution in [0.15, 0.2) is 30.5 Å². The van der Waals surface area contributed by atoms with Crippen molar-refractivity contribution in [2.75, 3.05) is 26.7 Å². The van der Waals surface area contributed by atoms with Gasteiger partial charge in [-0.25, -0.2) is 0 Å². The van der Waals surface area contributed by atoms with Gasteiger partial charge in [0, 0.05) is 42.8 Å². The first-order valence-corrected chi connectivity index (χ1v) is 11.3. The van der Waals surface area contributed by atoms with Crippen molar-refractivity contribution in [3.8, 4) is 0 Å². The van der Waals surface area contributed by atoms with Gasteiger partial charge >= 0.3 is 0 Å². The molecule has 3 heterocycles. The molecule has 1 aromatic carbocycles. The number of carbonyl (C=O) groups is 1. The second-order valence-electron chi connectivity index (χ2n) is 9.30. The van der Waals surface area contributed by atoms with E-state index in [2.05, 4.69) is 26.9 Å². The van der Waals surface area contributed by atoms with Crippen LogP contribution in [0.25, 0.3) is 10.9 Å². The number of nitrogens with zero attached hydrogens (tertiary/aromatic N) is 2. The van der Waals surface area contributed by atoms with Crippen LogP contribution < -0.4 is 0 Å². The molecule has 5 nitrogen and oxygen atoms in total. The fourth-order valence-corrected chi connectivity index (χ4v) is 5.98. The van der Waals surface area contributed by atoms with E-state index in [0.717, 1.165) is 42.3 Å². The molecule has 3 atom stereocenters. The number of likely N-dealkylation sites (N-methyl/N-ethyl adjacent to an activating group) is 1. The number of rotatable bonds is 4. The number of hydrogen-bond donors (Lipinski definition) is 1. The number of ether oxygens (including phenoxy) is 1. The molecule has 1 saturated carbocycles. The van der Waals surface area contributed by atoms with Crippen molar-refractivity contribution in [1.82, 2.24) is 14.8 Å². The summed E-state index contributed by atoms with van der Waals surface area (Å²) in [7, 11) is 2.03. The number of aromatic amines is 1. The summed E-state index contributed by atoms with van der Waals surface area (Å²) in [5, 5.41) is 1.16. The molecule has 156 valence electrons. The number of benzene rings is 1. The van der Waals surface area contributed by atoms with Crippen LogP contribution in [0.5, 0.6) is 0 Å². The summed E-state index contributed by atoms with van der Waals surface area (Å²) >= 11 is 0. The van der Waals surface area contributed by atoms with E-state index in [1.165, 1.54) is 38.8 Å². The van der Waals surface area contributed by atoms with Gasteiger partial charge in [-0.05, 0) is 69.7 Å². The molecule has 2 aromatic rings. The molecule has 3 aliphatic rings. The maximum absolute atomic E-state index is 13.3. The van der Waals surface area contributed by atoms with Gasteiger partial charge < -0.3 is 14.6 Å². The van der Waals surface area contributed by atoms with Crippen molar-refractivity contribution in [2.24, 2.45) is 0 Å². The minimum absolute atomic E-state index is 0.0739. The van der Waals surface area contributed by atoms with Crippen LogP contribution in [0.4, 0.5) is 0 Å². The second kappa shape index (κ2) is 7.77. The Morgan fingerprint density at radius 3 is 2.86 bits per heavy atom. The fraction of sp³-hybridized carbons (Fsp3) is 0.625. The number of carbonyl (C=O) groups excluding carboxylic acids is 1. The van der Waals surface area contributed by atoms with E-state index in [-0.39, 0.29) is 11.5 Å². The van der Waals surface area contributed by atoms with E-state index >= 15 is 0 Å². The zero-order chi connectivity index (χ0) is 19.8. The predicted octanol–water partition coefficient (Wildman–Crippen LogP) is 3.73. The molecule has 3 fully saturated rings. The van der Waals surface area contributed by atoms with Crippen molar-refractivity contribution >= 4 is 16.8 Å². The molecule has 1 aliphatic carbocycles. The van der Waals surface area contributed by atoms with E-state index < -0.39 is 0 Å². The topological polar surface area (TPSA) is 48.6 Å². The summed E-state index contributed by atoms with van der Waals surface area (Å²) < 4.78 is 6.26. The smallest absolute Gasteiger partial charge is 0.227 e. The maximum Gasteiger partial charge on any atom is 0.227 e. The second-order valence-corrected chi connectivity index (χ2v) is 9.30. The Labute approximate surface area is 173 Å². The van der Waals surface area contributed by atoms with Gasteiger partial charge in [-0.1, -0.05) is 18.2 Å². The van der Waals surface area contributed by atoms with Crippen LogP contribution in [0.2, 0.25) is 0 Å². The summed E-state index contributed by atoms with van der Waals surface area (Å²) in [4.78, 5) is 21.3. The third-order valence-corrected chi connectivity index (χ3v) is 7.62. The summed E-state index contributed by atoms with van der Waals surface area (Å²) in [6.45, 7) is 3.25. The van der Waals surface area contributed by atoms with E-state index in [9.17, 15) is 4.79 Å². The summed E-state index contributed by atoms with van der Waals surface area (Å²) in [6, 6.07) is 8.96. The Morgan fingerprint density at radius 1 is 1.24 bits per heavy atom. The van der Waals surface area contributed by atoms with Gasteiger partial charge in [0.2, 0.25) is 5.91 Å². The van der Waals surface area contributed by atoms with Gasteiger partial charge in [0.15, 0.2) is 0 Å². The third-order valence-electron chi connectivity index (χ3n) is 7.62. The molecule has 1 amide bonds. The molecule has 0 unspecified atom stereocenters. The first-order valence-electron chi connectivity index (χ1n) is 11.3. The van der Waals surface area contributed by atoms with Crippen LogP contribution in [0.1, 0.15) is 50.5 Å². The van der Waals surface area contributed by atoms with Crippen LogP contribution >= 0.6 is 0 Å². The van der Waals surface area contributed by atoms with Crippen LogP contribution in [-0.4, -0.2) is 65.1 Å². The number of hydrogen-bond acceptors (Lipinski definition) is 3. The number of para-hydroxylation sites is 1. The van der Waals surface area contributed by atoms with Gasteiger partial charge in [0.1, 0.15) is 0 Å². The molecular weight excluding hydrogens is 362 g/mol. The minimum Gasteiger partial charge on any atom is -0.375 e. The first-order chi connectivity index (χ1) is 14.2. The number of nitrogens with one attached hydrogen (secondary N) is 1. The molecule has 5 heteroatoms. The highest BCUT2D eigenvalue weighted by Gasteiger charge is 2.47. The lowest BCUT2D eigenvalue weighted by atomic mass is 9.76. The van der Waals surface area contributed by atoms with Gasteiger partial charge in [0.25, 0.3) is 0 Å². The van der Waals surface area contributed by atoms with E-state index in [1.54, 1.807) is 0 Å². The van der Waals surface area contributed by atoms with Gasteiger partial charge in [0.05, 0.1) is 12.0 Å². The Balaban J connectivity index is 1.34. The van der Waals surface area contributed by atoms with Crippen molar-refractivity contribution < 1.29 is 9.53 Å². The van der Waals surface area contributed by atoms with Gasteiger partial charge in [-0.3, -0.25) is 9.69 Å². The largest absolute Gasteiger partial charge is 0.375 e. The van der Waals surface area contributed by atoms with Crippen LogP contribution in [0, 0.1) is 0 Å². The molecule has 5 rings (SSSR count). The lowest BCUT2D eigenvalue weighted by Gasteiger charge is -2.48. The van der Waals surface area contributed by atoms with Gasteiger partial charge in [-0.15, -0.1) is 0 Å². The molecule has 1 spiro atoms. The number of aromatic nitrogens is 1. The predicted molar refractivity (Wildman–Crippen MR) is 115 cm³/mol. The molecule has 2 saturated heterocycles. The summed E-state index contributed by atoms with van der Waals surface area (Å²) in [5.41, 5.74) is 2.28. The highest BCUT2D eigenvalue weighted by Crippen LogP contribution is 2.43. The normalized spacial score (nSPS) is 30.4. The Bertz CT molecular complexity index is 864. The highest BCUT2D eigenvalue weighted by molar-refractivity contribution is 5.88. The molecule has 2 aliphatic heterocycles. The fourth-order valence-electron chi connectivity index (χ4n) is 5.98. The SMILES string of the molecule is CN(C(=O)Cc1c[nH]c2ccccc12)[C@H]1CC[C@@]2(CCCO2)C[C@@H]1N1CCCC1.